The van der Waals surface area contributed by atoms with Gasteiger partial charge in [-0.3, -0.25) is 0 Å². The largest absolute Gasteiger partial charge is 0.473 e. The van der Waals surface area contributed by atoms with E-state index in [1.165, 1.54) is 32.4 Å². The summed E-state index contributed by atoms with van der Waals surface area (Å²) in [5.74, 6) is 0. The smallest absolute Gasteiger partial charge is 0.414 e. The van der Waals surface area contributed by atoms with E-state index in [0.29, 0.717) is 6.47 Å². The van der Waals surface area contributed by atoms with E-state index < -0.39 is 0 Å². The number of hydrogen-bond acceptors (Lipinski definition) is 2. The lowest BCUT2D eigenvalue weighted by molar-refractivity contribution is 0.437. The van der Waals surface area contributed by atoms with Gasteiger partial charge in [0.1, 0.15) is 0 Å². The molecule has 1 saturated heterocycles. The van der Waals surface area contributed by atoms with E-state index >= 15 is 0 Å². The molecule has 53 valence electrons. The first-order valence-electron chi connectivity index (χ1n) is 3.13. The molecular weight excluding hydrogens is 118 g/mol. The van der Waals surface area contributed by atoms with Gasteiger partial charge >= 0.3 is 6.47 Å². The number of piperidine rings is 1. The molecule has 3 nitrogen and oxygen atoms in total. The first-order chi connectivity index (χ1) is 4.41. The molecule has 0 aromatic rings. The van der Waals surface area contributed by atoms with Crippen molar-refractivity contribution in [2.24, 2.45) is 0 Å². The number of aliphatic hydroxyl groups excluding tert-OH is 1. The highest BCUT2D eigenvalue weighted by Gasteiger charge is 1.93. The maximum absolute atomic E-state index is 8.24. The Morgan fingerprint density at radius 2 is 1.67 bits per heavy atom. The standard InChI is InChI=1S/C5H11N.CHO2/c1-2-4-6-5-3-1;2-1-3/h6H,1-5H2;(H,2,3). The van der Waals surface area contributed by atoms with Gasteiger partial charge in [0.05, 0.1) is 0 Å². The van der Waals surface area contributed by atoms with Crippen molar-refractivity contribution in [2.45, 2.75) is 19.3 Å². The van der Waals surface area contributed by atoms with Gasteiger partial charge in [0.25, 0.3) is 0 Å². The lowest BCUT2D eigenvalue weighted by Crippen LogP contribution is -2.21. The van der Waals surface area contributed by atoms with Gasteiger partial charge < -0.3 is 10.4 Å². The second-order valence-corrected chi connectivity index (χ2v) is 1.90. The van der Waals surface area contributed by atoms with Gasteiger partial charge in [0, 0.05) is 0 Å². The van der Waals surface area contributed by atoms with Gasteiger partial charge in [0.2, 0.25) is 0 Å². The topological polar surface area (TPSA) is 49.3 Å². The van der Waals surface area contributed by atoms with Crippen LogP contribution in [0, 0.1) is 0 Å². The van der Waals surface area contributed by atoms with Crippen LogP contribution in [0.2, 0.25) is 0 Å². The maximum Gasteiger partial charge on any atom is 0.414 e. The van der Waals surface area contributed by atoms with E-state index in [2.05, 4.69) is 5.32 Å². The van der Waals surface area contributed by atoms with E-state index in [0.717, 1.165) is 0 Å². The fourth-order valence-electron chi connectivity index (χ4n) is 0.802. The molecule has 1 radical (unpaired) electrons. The van der Waals surface area contributed by atoms with Gasteiger partial charge in [-0.25, -0.2) is 4.79 Å². The molecular formula is C6H12NO2. The zero-order chi connectivity index (χ0) is 6.95. The molecule has 1 heterocycles. The van der Waals surface area contributed by atoms with Crippen LogP contribution in [0.15, 0.2) is 0 Å². The molecule has 1 aliphatic heterocycles. The van der Waals surface area contributed by atoms with E-state index in [4.69, 9.17) is 9.90 Å². The zero-order valence-electron chi connectivity index (χ0n) is 5.39. The van der Waals surface area contributed by atoms with Crippen molar-refractivity contribution in [1.29, 1.82) is 0 Å². The summed E-state index contributed by atoms with van der Waals surface area (Å²) in [4.78, 5) is 8.24. The van der Waals surface area contributed by atoms with Crippen molar-refractivity contribution in [3.8, 4) is 0 Å². The van der Waals surface area contributed by atoms with Crippen LogP contribution in [0.1, 0.15) is 19.3 Å². The van der Waals surface area contributed by atoms with Crippen LogP contribution in [-0.4, -0.2) is 24.7 Å². The van der Waals surface area contributed by atoms with Crippen LogP contribution < -0.4 is 5.32 Å². The van der Waals surface area contributed by atoms with Gasteiger partial charge in [0.15, 0.2) is 0 Å². The minimum Gasteiger partial charge on any atom is -0.473 e. The molecule has 0 unspecified atom stereocenters. The lowest BCUT2D eigenvalue weighted by Gasteiger charge is -2.08. The Balaban J connectivity index is 0.000000187. The third-order valence-corrected chi connectivity index (χ3v) is 1.21. The SMILES string of the molecule is C1CCNCC1.O=[C]O. The first-order valence-corrected chi connectivity index (χ1v) is 3.13. The van der Waals surface area contributed by atoms with Crippen molar-refractivity contribution in [2.75, 3.05) is 13.1 Å². The Labute approximate surface area is 55.1 Å². The molecule has 1 fully saturated rings. The van der Waals surface area contributed by atoms with Crippen LogP contribution in [-0.2, 0) is 4.79 Å². The monoisotopic (exact) mass is 130 g/mol. The molecule has 0 spiro atoms. The van der Waals surface area contributed by atoms with Crippen molar-refractivity contribution in [1.82, 2.24) is 5.32 Å². The third kappa shape index (κ3) is 7.43. The van der Waals surface area contributed by atoms with E-state index in [1.807, 2.05) is 0 Å². The predicted molar refractivity (Wildman–Crippen MR) is 35.0 cm³/mol. The summed E-state index contributed by atoms with van der Waals surface area (Å²) in [7, 11) is 0. The van der Waals surface area contributed by atoms with Crippen LogP contribution in [0.5, 0.6) is 0 Å². The normalized spacial score (nSPS) is 17.3. The minimum absolute atomic E-state index is 0.500. The number of rotatable bonds is 0. The molecule has 0 aliphatic carbocycles. The molecule has 2 N–H and O–H groups in total. The van der Waals surface area contributed by atoms with Crippen molar-refractivity contribution in [3.63, 3.8) is 0 Å². The molecule has 0 bridgehead atoms. The summed E-state index contributed by atoms with van der Waals surface area (Å²) in [6.07, 6.45) is 4.22. The molecule has 0 aromatic carbocycles. The quantitative estimate of drug-likeness (QED) is 0.498. The highest BCUT2D eigenvalue weighted by atomic mass is 16.3. The summed E-state index contributed by atoms with van der Waals surface area (Å²) in [5, 5.41) is 10.0. The molecule has 0 aromatic heterocycles. The van der Waals surface area contributed by atoms with Gasteiger partial charge in [-0.05, 0) is 25.9 Å². The van der Waals surface area contributed by atoms with Crippen molar-refractivity contribution < 1.29 is 9.90 Å². The average molecular weight is 130 g/mol. The molecule has 0 atom stereocenters. The Morgan fingerprint density at radius 3 is 1.78 bits per heavy atom. The second-order valence-electron chi connectivity index (χ2n) is 1.90. The van der Waals surface area contributed by atoms with Crippen LogP contribution in [0.25, 0.3) is 0 Å². The van der Waals surface area contributed by atoms with Gasteiger partial charge in [-0.2, -0.15) is 0 Å². The lowest BCUT2D eigenvalue weighted by atomic mass is 10.2. The summed E-state index contributed by atoms with van der Waals surface area (Å²) in [6, 6.07) is 0. The Kier molecular flexibility index (Phi) is 6.96. The van der Waals surface area contributed by atoms with E-state index in [1.54, 1.807) is 0 Å². The summed E-state index contributed by atoms with van der Waals surface area (Å²) in [6.45, 7) is 3.00. The minimum atomic E-state index is 0.500. The highest BCUT2D eigenvalue weighted by molar-refractivity contribution is 5.34. The summed E-state index contributed by atoms with van der Waals surface area (Å²) in [5.41, 5.74) is 0. The zero-order valence-corrected chi connectivity index (χ0v) is 5.39. The second kappa shape index (κ2) is 7.43. The van der Waals surface area contributed by atoms with E-state index in [9.17, 15) is 0 Å². The number of nitrogens with one attached hydrogen (secondary N) is 1. The van der Waals surface area contributed by atoms with Crippen molar-refractivity contribution >= 4 is 6.47 Å². The molecule has 1 rings (SSSR count). The first kappa shape index (κ1) is 8.43. The molecule has 9 heavy (non-hydrogen) atoms. The Morgan fingerprint density at radius 1 is 1.22 bits per heavy atom. The van der Waals surface area contributed by atoms with Crippen molar-refractivity contribution in [3.05, 3.63) is 0 Å². The summed E-state index contributed by atoms with van der Waals surface area (Å²) < 4.78 is 0. The fourth-order valence-corrected chi connectivity index (χ4v) is 0.802. The average Bonchev–Trinajstić information content (AvgIpc) is 1.93. The Bertz CT molecular complexity index is 50.6. The van der Waals surface area contributed by atoms with Gasteiger partial charge in [-0.1, -0.05) is 6.42 Å². The third-order valence-electron chi connectivity index (χ3n) is 1.21. The van der Waals surface area contributed by atoms with Gasteiger partial charge in [-0.15, -0.1) is 0 Å². The van der Waals surface area contributed by atoms with Crippen LogP contribution >= 0.6 is 0 Å². The van der Waals surface area contributed by atoms with E-state index in [-0.39, 0.29) is 0 Å². The maximum atomic E-state index is 8.24. The predicted octanol–water partition coefficient (Wildman–Crippen LogP) is 0.372. The Hall–Kier alpha value is -0.570. The molecule has 0 amide bonds. The van der Waals surface area contributed by atoms with Crippen LogP contribution in [0.4, 0.5) is 0 Å². The fraction of sp³-hybridized carbons (Fsp3) is 0.833. The highest BCUT2D eigenvalue weighted by Crippen LogP contribution is 1.96. The molecule has 1 aliphatic rings. The molecule has 3 heteroatoms. The number of hydrogen-bond donors (Lipinski definition) is 2. The summed E-state index contributed by atoms with van der Waals surface area (Å²) >= 11 is 0. The van der Waals surface area contributed by atoms with Crippen LogP contribution in [0.3, 0.4) is 0 Å². The molecule has 0 saturated carbocycles.